The summed E-state index contributed by atoms with van der Waals surface area (Å²) in [6.45, 7) is 8.06. The summed E-state index contributed by atoms with van der Waals surface area (Å²) in [6.07, 6.45) is 0. The zero-order chi connectivity index (χ0) is 17.3. The van der Waals surface area contributed by atoms with Gasteiger partial charge in [0.1, 0.15) is 23.4 Å². The van der Waals surface area contributed by atoms with Gasteiger partial charge in [-0.05, 0) is 19.1 Å². The molecule has 24 heavy (non-hydrogen) atoms. The Kier molecular flexibility index (Phi) is 4.71. The molecule has 1 aliphatic rings. The molecule has 7 heteroatoms. The molecule has 130 valence electrons. The van der Waals surface area contributed by atoms with E-state index in [0.717, 1.165) is 23.9 Å². The zero-order valence-electron chi connectivity index (χ0n) is 15.0. The number of aryl methyl sites for hydroxylation is 1. The zero-order valence-corrected chi connectivity index (χ0v) is 15.0. The highest BCUT2D eigenvalue weighted by Gasteiger charge is 2.30. The maximum Gasteiger partial charge on any atom is 0.231 e. The maximum atomic E-state index is 5.83. The fourth-order valence-electron chi connectivity index (χ4n) is 2.67. The van der Waals surface area contributed by atoms with Gasteiger partial charge in [-0.2, -0.15) is 15.0 Å². The van der Waals surface area contributed by atoms with E-state index < -0.39 is 0 Å². The highest BCUT2D eigenvalue weighted by atomic mass is 16.5. The molecule has 7 nitrogen and oxygen atoms in total. The van der Waals surface area contributed by atoms with Crippen molar-refractivity contribution in [3.05, 3.63) is 29.5 Å². The summed E-state index contributed by atoms with van der Waals surface area (Å²) in [4.78, 5) is 18.0. The van der Waals surface area contributed by atoms with Gasteiger partial charge in [-0.1, -0.05) is 13.8 Å². The number of ether oxygens (including phenoxy) is 1. The van der Waals surface area contributed by atoms with Crippen molar-refractivity contribution in [1.82, 2.24) is 15.0 Å². The molecular formula is C17H25N5O2. The van der Waals surface area contributed by atoms with Crippen molar-refractivity contribution >= 4 is 11.9 Å². The van der Waals surface area contributed by atoms with Crippen molar-refractivity contribution in [1.29, 1.82) is 0 Å². The first-order valence-corrected chi connectivity index (χ1v) is 8.29. The number of anilines is 2. The van der Waals surface area contributed by atoms with Crippen LogP contribution in [0.4, 0.5) is 11.9 Å². The van der Waals surface area contributed by atoms with Crippen molar-refractivity contribution in [3.8, 4) is 0 Å². The van der Waals surface area contributed by atoms with Crippen LogP contribution in [0, 0.1) is 6.92 Å². The Bertz CT molecular complexity index is 672. The summed E-state index contributed by atoms with van der Waals surface area (Å²) >= 11 is 0. The molecule has 2 aromatic heterocycles. The lowest BCUT2D eigenvalue weighted by Crippen LogP contribution is -2.41. The van der Waals surface area contributed by atoms with Gasteiger partial charge in [0.2, 0.25) is 11.9 Å². The fraction of sp³-hybridized carbons (Fsp3) is 0.588. The Morgan fingerprint density at radius 2 is 2.00 bits per heavy atom. The van der Waals surface area contributed by atoms with Crippen molar-refractivity contribution in [3.63, 3.8) is 0 Å². The van der Waals surface area contributed by atoms with E-state index in [9.17, 15) is 0 Å². The van der Waals surface area contributed by atoms with E-state index in [4.69, 9.17) is 14.1 Å². The summed E-state index contributed by atoms with van der Waals surface area (Å²) in [5, 5.41) is 0. The molecule has 1 fully saturated rings. The number of aromatic nitrogens is 3. The van der Waals surface area contributed by atoms with E-state index >= 15 is 0 Å². The second-order valence-corrected chi connectivity index (χ2v) is 6.58. The molecule has 1 atom stereocenters. The van der Waals surface area contributed by atoms with Crippen molar-refractivity contribution < 1.29 is 9.15 Å². The Balaban J connectivity index is 2.01. The van der Waals surface area contributed by atoms with Crippen LogP contribution in [-0.4, -0.2) is 48.8 Å². The van der Waals surface area contributed by atoms with Gasteiger partial charge in [0, 0.05) is 26.6 Å². The Hall–Kier alpha value is -2.15. The van der Waals surface area contributed by atoms with Crippen LogP contribution in [0.1, 0.15) is 43.2 Å². The van der Waals surface area contributed by atoms with E-state index in [-0.39, 0.29) is 12.0 Å². The van der Waals surface area contributed by atoms with Gasteiger partial charge in [0.25, 0.3) is 0 Å². The van der Waals surface area contributed by atoms with Crippen LogP contribution >= 0.6 is 0 Å². The molecule has 0 saturated carbocycles. The van der Waals surface area contributed by atoms with Crippen LogP contribution < -0.4 is 9.80 Å². The van der Waals surface area contributed by atoms with E-state index in [1.807, 2.05) is 38.1 Å². The molecule has 0 bridgehead atoms. The molecule has 1 unspecified atom stereocenters. The third kappa shape index (κ3) is 3.36. The predicted molar refractivity (Wildman–Crippen MR) is 92.6 cm³/mol. The molecule has 0 aliphatic carbocycles. The minimum Gasteiger partial charge on any atom is -0.464 e. The standard InChI is InChI=1S/C17H25N5O2/c1-11(2)15-18-16(21(4)5)20-17(19-15)22-8-9-23-10-13(22)14-7-6-12(3)24-14/h6-7,11,13H,8-10H2,1-5H3. The van der Waals surface area contributed by atoms with Gasteiger partial charge in [-0.25, -0.2) is 0 Å². The molecule has 1 aliphatic heterocycles. The van der Waals surface area contributed by atoms with Gasteiger partial charge in [-0.15, -0.1) is 0 Å². The molecule has 0 spiro atoms. The average Bonchev–Trinajstić information content (AvgIpc) is 3.00. The molecule has 1 saturated heterocycles. The first-order chi connectivity index (χ1) is 11.5. The second kappa shape index (κ2) is 6.76. The summed E-state index contributed by atoms with van der Waals surface area (Å²) in [5.74, 6) is 4.15. The lowest BCUT2D eigenvalue weighted by Gasteiger charge is -2.34. The summed E-state index contributed by atoms with van der Waals surface area (Å²) in [5.41, 5.74) is 0. The van der Waals surface area contributed by atoms with Crippen LogP contribution in [0.3, 0.4) is 0 Å². The first-order valence-electron chi connectivity index (χ1n) is 8.29. The molecule has 3 heterocycles. The number of nitrogens with zero attached hydrogens (tertiary/aromatic N) is 5. The number of hydrogen-bond donors (Lipinski definition) is 0. The van der Waals surface area contributed by atoms with Gasteiger partial charge in [0.05, 0.1) is 13.2 Å². The van der Waals surface area contributed by atoms with E-state index in [2.05, 4.69) is 28.7 Å². The third-order valence-corrected chi connectivity index (χ3v) is 4.02. The molecule has 0 N–H and O–H groups in total. The van der Waals surface area contributed by atoms with Gasteiger partial charge >= 0.3 is 0 Å². The maximum absolute atomic E-state index is 5.83. The summed E-state index contributed by atoms with van der Waals surface area (Å²) in [7, 11) is 3.88. The quantitative estimate of drug-likeness (QED) is 0.853. The van der Waals surface area contributed by atoms with Crippen LogP contribution in [0.2, 0.25) is 0 Å². The van der Waals surface area contributed by atoms with Gasteiger partial charge in [0.15, 0.2) is 0 Å². The van der Waals surface area contributed by atoms with Crippen molar-refractivity contribution in [2.24, 2.45) is 0 Å². The molecular weight excluding hydrogens is 306 g/mol. The Morgan fingerprint density at radius 1 is 1.21 bits per heavy atom. The van der Waals surface area contributed by atoms with Crippen LogP contribution in [-0.2, 0) is 4.74 Å². The molecule has 2 aromatic rings. The highest BCUT2D eigenvalue weighted by Crippen LogP contribution is 2.30. The van der Waals surface area contributed by atoms with Crippen LogP contribution in [0.5, 0.6) is 0 Å². The normalized spacial score (nSPS) is 18.2. The molecule has 0 radical (unpaired) electrons. The van der Waals surface area contributed by atoms with Gasteiger partial charge in [-0.3, -0.25) is 0 Å². The largest absolute Gasteiger partial charge is 0.464 e. The Labute approximate surface area is 142 Å². The fourth-order valence-corrected chi connectivity index (χ4v) is 2.67. The SMILES string of the molecule is Cc1ccc(C2COCCN2c2nc(C(C)C)nc(N(C)C)n2)o1. The number of morpholine rings is 1. The lowest BCUT2D eigenvalue weighted by molar-refractivity contribution is 0.0865. The number of furan rings is 1. The van der Waals surface area contributed by atoms with Gasteiger partial charge < -0.3 is 19.0 Å². The predicted octanol–water partition coefficient (Wildman–Crippen LogP) is 2.54. The topological polar surface area (TPSA) is 67.5 Å². The summed E-state index contributed by atoms with van der Waals surface area (Å²) < 4.78 is 11.5. The van der Waals surface area contributed by atoms with E-state index in [1.54, 1.807) is 0 Å². The first kappa shape index (κ1) is 16.7. The summed E-state index contributed by atoms with van der Waals surface area (Å²) in [6, 6.07) is 3.95. The second-order valence-electron chi connectivity index (χ2n) is 6.58. The molecule has 0 amide bonds. The van der Waals surface area contributed by atoms with E-state index in [1.165, 1.54) is 0 Å². The molecule has 0 aromatic carbocycles. The Morgan fingerprint density at radius 3 is 2.62 bits per heavy atom. The van der Waals surface area contributed by atoms with Crippen molar-refractivity contribution in [2.45, 2.75) is 32.7 Å². The molecule has 3 rings (SSSR count). The van der Waals surface area contributed by atoms with E-state index in [0.29, 0.717) is 25.1 Å². The smallest absolute Gasteiger partial charge is 0.231 e. The highest BCUT2D eigenvalue weighted by molar-refractivity contribution is 5.41. The number of rotatable bonds is 4. The monoisotopic (exact) mass is 331 g/mol. The minimum absolute atomic E-state index is 0.0233. The third-order valence-electron chi connectivity index (χ3n) is 4.02. The van der Waals surface area contributed by atoms with Crippen molar-refractivity contribution in [2.75, 3.05) is 43.7 Å². The number of hydrogen-bond acceptors (Lipinski definition) is 7. The average molecular weight is 331 g/mol. The lowest BCUT2D eigenvalue weighted by atomic mass is 10.2. The minimum atomic E-state index is -0.0233. The van der Waals surface area contributed by atoms with Crippen LogP contribution in [0.25, 0.3) is 0 Å². The van der Waals surface area contributed by atoms with Crippen LogP contribution in [0.15, 0.2) is 16.5 Å².